The van der Waals surface area contributed by atoms with E-state index in [1.807, 2.05) is 28.8 Å². The van der Waals surface area contributed by atoms with Crippen LogP contribution >= 0.6 is 0 Å². The molecule has 1 saturated heterocycles. The minimum atomic E-state index is -0.0987. The maximum absolute atomic E-state index is 11.7. The largest absolute Gasteiger partial charge is 0.469 e. The fourth-order valence-electron chi connectivity index (χ4n) is 3.30. The van der Waals surface area contributed by atoms with Crippen molar-refractivity contribution in [3.8, 4) is 0 Å². The summed E-state index contributed by atoms with van der Waals surface area (Å²) in [7, 11) is 1.46. The number of methoxy groups -OCH3 is 1. The van der Waals surface area contributed by atoms with Crippen molar-refractivity contribution in [2.75, 3.05) is 33.3 Å². The number of likely N-dealkylation sites (tertiary alicyclic amines) is 1. The average Bonchev–Trinajstić information content (AvgIpc) is 3.09. The standard InChI is InChI=1S/C19H27N5O2/c1-3-20-19(23-12-8-15(9-13-23)18(25)26-2)21-10-7-16-14-24-11-5-4-6-17(24)22-16/h4-6,11,14-15H,3,7-10,12-13H2,1-2H3,(H,20,21). The Kier molecular flexibility index (Phi) is 6.09. The third-order valence-electron chi connectivity index (χ3n) is 4.71. The monoisotopic (exact) mass is 357 g/mol. The highest BCUT2D eigenvalue weighted by molar-refractivity contribution is 5.80. The van der Waals surface area contributed by atoms with Gasteiger partial charge in [0.1, 0.15) is 5.65 Å². The number of piperidine rings is 1. The molecule has 3 rings (SSSR count). The molecule has 0 aromatic carbocycles. The molecule has 26 heavy (non-hydrogen) atoms. The number of aliphatic imine (C=N–C) groups is 1. The number of carbonyl (C=O) groups is 1. The number of rotatable bonds is 5. The molecule has 2 aromatic rings. The number of pyridine rings is 1. The number of guanidine groups is 1. The maximum Gasteiger partial charge on any atom is 0.308 e. The molecule has 0 saturated carbocycles. The van der Waals surface area contributed by atoms with Gasteiger partial charge in [-0.15, -0.1) is 0 Å². The fourth-order valence-corrected chi connectivity index (χ4v) is 3.30. The van der Waals surface area contributed by atoms with Gasteiger partial charge in [-0.05, 0) is 31.9 Å². The Balaban J connectivity index is 1.58. The molecule has 0 bridgehead atoms. The topological polar surface area (TPSA) is 71.2 Å². The van der Waals surface area contributed by atoms with Gasteiger partial charge in [-0.2, -0.15) is 0 Å². The van der Waals surface area contributed by atoms with E-state index in [0.29, 0.717) is 6.54 Å². The van der Waals surface area contributed by atoms with Crippen molar-refractivity contribution < 1.29 is 9.53 Å². The van der Waals surface area contributed by atoms with E-state index in [0.717, 1.165) is 56.2 Å². The Labute approximate surface area is 154 Å². The van der Waals surface area contributed by atoms with Crippen molar-refractivity contribution >= 4 is 17.6 Å². The second-order valence-electron chi connectivity index (χ2n) is 6.47. The number of nitrogens with one attached hydrogen (secondary N) is 1. The number of aromatic nitrogens is 2. The Morgan fingerprint density at radius 3 is 2.88 bits per heavy atom. The molecule has 140 valence electrons. The van der Waals surface area contributed by atoms with Crippen LogP contribution in [0.25, 0.3) is 5.65 Å². The fraction of sp³-hybridized carbons (Fsp3) is 0.526. The highest BCUT2D eigenvalue weighted by Crippen LogP contribution is 2.18. The van der Waals surface area contributed by atoms with Gasteiger partial charge in [-0.25, -0.2) is 4.98 Å². The van der Waals surface area contributed by atoms with E-state index in [1.54, 1.807) is 0 Å². The molecule has 1 aliphatic heterocycles. The molecule has 0 radical (unpaired) electrons. The molecule has 0 amide bonds. The van der Waals surface area contributed by atoms with Gasteiger partial charge in [0.2, 0.25) is 0 Å². The number of nitrogens with zero attached hydrogens (tertiary/aromatic N) is 4. The number of hydrogen-bond donors (Lipinski definition) is 1. The van der Waals surface area contributed by atoms with Gasteiger partial charge in [-0.3, -0.25) is 9.79 Å². The smallest absolute Gasteiger partial charge is 0.308 e. The first-order chi connectivity index (χ1) is 12.7. The number of hydrogen-bond acceptors (Lipinski definition) is 4. The summed E-state index contributed by atoms with van der Waals surface area (Å²) >= 11 is 0. The van der Waals surface area contributed by atoms with E-state index >= 15 is 0 Å². The number of esters is 1. The van der Waals surface area contributed by atoms with Gasteiger partial charge >= 0.3 is 5.97 Å². The highest BCUT2D eigenvalue weighted by Gasteiger charge is 2.26. The Bertz CT molecular complexity index is 729. The first-order valence-corrected chi connectivity index (χ1v) is 9.25. The first-order valence-electron chi connectivity index (χ1n) is 9.25. The predicted molar refractivity (Wildman–Crippen MR) is 101 cm³/mol. The molecular formula is C19H27N5O2. The van der Waals surface area contributed by atoms with Crippen LogP contribution in [-0.4, -0.2) is 59.5 Å². The summed E-state index contributed by atoms with van der Waals surface area (Å²) in [4.78, 5) is 23.3. The first kappa shape index (κ1) is 18.2. The van der Waals surface area contributed by atoms with Crippen molar-refractivity contribution in [2.24, 2.45) is 10.9 Å². The zero-order chi connectivity index (χ0) is 18.4. The molecule has 1 aliphatic rings. The molecule has 0 spiro atoms. The van der Waals surface area contributed by atoms with E-state index < -0.39 is 0 Å². The Morgan fingerprint density at radius 2 is 2.19 bits per heavy atom. The molecule has 0 atom stereocenters. The van der Waals surface area contributed by atoms with Gasteiger partial charge < -0.3 is 19.4 Å². The number of imidazole rings is 1. The third kappa shape index (κ3) is 4.33. The Morgan fingerprint density at radius 1 is 1.38 bits per heavy atom. The summed E-state index contributed by atoms with van der Waals surface area (Å²) in [6.45, 7) is 5.21. The SMILES string of the molecule is CCNC(=NCCc1cn2ccccc2n1)N1CCC(C(=O)OC)CC1. The summed E-state index contributed by atoms with van der Waals surface area (Å²) in [5, 5.41) is 3.36. The Hall–Kier alpha value is -2.57. The quantitative estimate of drug-likeness (QED) is 0.501. The minimum Gasteiger partial charge on any atom is -0.469 e. The van der Waals surface area contributed by atoms with Crippen LogP contribution in [0.15, 0.2) is 35.6 Å². The maximum atomic E-state index is 11.7. The summed E-state index contributed by atoms with van der Waals surface area (Å²) in [6.07, 6.45) is 6.48. The zero-order valence-corrected chi connectivity index (χ0v) is 15.5. The summed E-state index contributed by atoms with van der Waals surface area (Å²) in [5.74, 6) is 0.829. The van der Waals surface area contributed by atoms with Gasteiger partial charge in [-0.1, -0.05) is 6.07 Å². The molecule has 7 nitrogen and oxygen atoms in total. The molecule has 0 unspecified atom stereocenters. The lowest BCUT2D eigenvalue weighted by Crippen LogP contribution is -2.46. The van der Waals surface area contributed by atoms with Crippen molar-refractivity contribution in [1.82, 2.24) is 19.6 Å². The molecule has 1 N–H and O–H groups in total. The van der Waals surface area contributed by atoms with Gasteiger partial charge in [0, 0.05) is 45.0 Å². The van der Waals surface area contributed by atoms with Crippen LogP contribution in [0, 0.1) is 5.92 Å². The van der Waals surface area contributed by atoms with Gasteiger partial charge in [0.05, 0.1) is 18.7 Å². The van der Waals surface area contributed by atoms with Gasteiger partial charge in [0.25, 0.3) is 0 Å². The minimum absolute atomic E-state index is 0.0112. The van der Waals surface area contributed by atoms with Crippen molar-refractivity contribution in [3.05, 3.63) is 36.3 Å². The van der Waals surface area contributed by atoms with Gasteiger partial charge in [0.15, 0.2) is 5.96 Å². The predicted octanol–water partition coefficient (Wildman–Crippen LogP) is 1.73. The average molecular weight is 357 g/mol. The molecular weight excluding hydrogens is 330 g/mol. The molecule has 3 heterocycles. The van der Waals surface area contributed by atoms with E-state index in [-0.39, 0.29) is 11.9 Å². The lowest BCUT2D eigenvalue weighted by molar-refractivity contribution is -0.146. The number of ether oxygens (including phenoxy) is 1. The normalized spacial score (nSPS) is 16.1. The second-order valence-corrected chi connectivity index (χ2v) is 6.47. The van der Waals surface area contributed by atoms with Crippen LogP contribution in [0.5, 0.6) is 0 Å². The highest BCUT2D eigenvalue weighted by atomic mass is 16.5. The summed E-state index contributed by atoms with van der Waals surface area (Å²) < 4.78 is 6.89. The van der Waals surface area contributed by atoms with Crippen molar-refractivity contribution in [3.63, 3.8) is 0 Å². The molecule has 0 aliphatic carbocycles. The van der Waals surface area contributed by atoms with Crippen molar-refractivity contribution in [1.29, 1.82) is 0 Å². The molecule has 7 heteroatoms. The van der Waals surface area contributed by atoms with E-state index in [2.05, 4.69) is 28.3 Å². The van der Waals surface area contributed by atoms with Crippen LogP contribution in [0.3, 0.4) is 0 Å². The number of carbonyl (C=O) groups excluding carboxylic acids is 1. The van der Waals surface area contributed by atoms with Crippen LogP contribution in [-0.2, 0) is 16.0 Å². The van der Waals surface area contributed by atoms with Crippen LogP contribution in [0.4, 0.5) is 0 Å². The second kappa shape index (κ2) is 8.69. The van der Waals surface area contributed by atoms with Crippen LogP contribution in [0.1, 0.15) is 25.5 Å². The van der Waals surface area contributed by atoms with Crippen LogP contribution < -0.4 is 5.32 Å². The van der Waals surface area contributed by atoms with Crippen LogP contribution in [0.2, 0.25) is 0 Å². The number of fused-ring (bicyclic) bond motifs is 1. The summed E-state index contributed by atoms with van der Waals surface area (Å²) in [6, 6.07) is 5.99. The third-order valence-corrected chi connectivity index (χ3v) is 4.71. The zero-order valence-electron chi connectivity index (χ0n) is 15.5. The summed E-state index contributed by atoms with van der Waals surface area (Å²) in [5.41, 5.74) is 2.00. The van der Waals surface area contributed by atoms with E-state index in [9.17, 15) is 4.79 Å². The lowest BCUT2D eigenvalue weighted by Gasteiger charge is -2.33. The van der Waals surface area contributed by atoms with E-state index in [4.69, 9.17) is 9.73 Å². The van der Waals surface area contributed by atoms with E-state index in [1.165, 1.54) is 7.11 Å². The molecule has 2 aromatic heterocycles. The van der Waals surface area contributed by atoms with Crippen molar-refractivity contribution in [2.45, 2.75) is 26.2 Å². The molecule has 1 fully saturated rings. The lowest BCUT2D eigenvalue weighted by atomic mass is 9.97.